The molecule has 4 heteroatoms. The van der Waals surface area contributed by atoms with E-state index in [0.717, 1.165) is 26.5 Å². The number of hydrogen-bond donors (Lipinski definition) is 0. The quantitative estimate of drug-likeness (QED) is 0.624. The Balaban J connectivity index is 0. The van der Waals surface area contributed by atoms with E-state index in [9.17, 15) is 4.39 Å². The van der Waals surface area contributed by atoms with Crippen molar-refractivity contribution in [2.45, 2.75) is 0 Å². The van der Waals surface area contributed by atoms with Crippen LogP contribution >= 0.6 is 24.8 Å². The second kappa shape index (κ2) is 6.27. The molecule has 0 N–H and O–H groups in total. The molecule has 0 amide bonds. The van der Waals surface area contributed by atoms with Crippen molar-refractivity contribution in [3.05, 3.63) is 30.1 Å². The first-order chi connectivity index (χ1) is 3.79. The molecule has 0 aromatic heterocycles. The van der Waals surface area contributed by atoms with Crippen molar-refractivity contribution < 1.29 is 4.39 Å². The molecule has 0 atom stereocenters. The number of rotatable bonds is 0. The molecule has 0 aliphatic rings. The van der Waals surface area contributed by atoms with Crippen LogP contribution in [0.15, 0.2) is 24.3 Å². The van der Waals surface area contributed by atoms with E-state index in [1.807, 2.05) is 6.07 Å². The van der Waals surface area contributed by atoms with Crippen molar-refractivity contribution in [1.29, 1.82) is 0 Å². The van der Waals surface area contributed by atoms with Crippen LogP contribution in [-0.4, -0.2) is 23.0 Å². The van der Waals surface area contributed by atoms with Crippen molar-refractivity contribution in [2.75, 3.05) is 0 Å². The molecule has 58 valence electrons. The summed E-state index contributed by atoms with van der Waals surface area (Å²) in [4.78, 5) is 0. The zero-order valence-electron chi connectivity index (χ0n) is 5.08. The van der Waals surface area contributed by atoms with Crippen molar-refractivity contribution in [2.24, 2.45) is 0 Å². The van der Waals surface area contributed by atoms with Gasteiger partial charge in [0.25, 0.3) is 0 Å². The third kappa shape index (κ3) is 4.38. The SMILES string of the molecule is Cl.Cl.Fc1ccc[c]([SbH2])c1. The van der Waals surface area contributed by atoms with Crippen molar-refractivity contribution >= 4 is 51.3 Å². The molecular weight excluding hydrogens is 284 g/mol. The van der Waals surface area contributed by atoms with E-state index in [1.54, 1.807) is 12.1 Å². The van der Waals surface area contributed by atoms with E-state index in [4.69, 9.17) is 0 Å². The normalized spacial score (nSPS) is 7.40. The van der Waals surface area contributed by atoms with E-state index >= 15 is 0 Å². The Bertz CT molecular complexity index is 176. The van der Waals surface area contributed by atoms with Gasteiger partial charge in [0.05, 0.1) is 0 Å². The van der Waals surface area contributed by atoms with Gasteiger partial charge in [-0.15, -0.1) is 24.8 Å². The van der Waals surface area contributed by atoms with Gasteiger partial charge in [-0.25, -0.2) is 0 Å². The molecule has 0 saturated carbocycles. The summed E-state index contributed by atoms with van der Waals surface area (Å²) >= 11 is 0.992. The Hall–Kier alpha value is 0.548. The average Bonchev–Trinajstić information content (AvgIpc) is 1.64. The third-order valence-corrected chi connectivity index (χ3v) is 1.87. The van der Waals surface area contributed by atoms with Crippen LogP contribution in [-0.2, 0) is 0 Å². The molecule has 0 heterocycles. The molecule has 0 radical (unpaired) electrons. The van der Waals surface area contributed by atoms with E-state index < -0.39 is 0 Å². The van der Waals surface area contributed by atoms with Crippen LogP contribution in [0.5, 0.6) is 0 Å². The summed E-state index contributed by atoms with van der Waals surface area (Å²) < 4.78 is 13.3. The average molecular weight is 292 g/mol. The molecule has 1 rings (SSSR count). The fourth-order valence-corrected chi connectivity index (χ4v) is 1.28. The maximum atomic E-state index is 12.2. The number of hydrogen-bond acceptors (Lipinski definition) is 0. The van der Waals surface area contributed by atoms with Gasteiger partial charge in [-0.2, -0.15) is 0 Å². The van der Waals surface area contributed by atoms with Crippen molar-refractivity contribution in [3.8, 4) is 0 Å². The molecule has 0 aliphatic carbocycles. The third-order valence-electron chi connectivity index (χ3n) is 0.849. The zero-order chi connectivity index (χ0) is 5.98. The zero-order valence-corrected chi connectivity index (χ0v) is 10.0. The summed E-state index contributed by atoms with van der Waals surface area (Å²) in [5, 5.41) is 0. The van der Waals surface area contributed by atoms with E-state index in [1.165, 1.54) is 6.07 Å². The Labute approximate surface area is 85.5 Å². The number of halogens is 3. The fourth-order valence-electron chi connectivity index (χ4n) is 0.507. The Kier molecular flexibility index (Phi) is 8.25. The van der Waals surface area contributed by atoms with Crippen LogP contribution < -0.4 is 3.51 Å². The van der Waals surface area contributed by atoms with Gasteiger partial charge in [0.15, 0.2) is 0 Å². The fraction of sp³-hybridized carbons (Fsp3) is 0. The topological polar surface area (TPSA) is 0 Å². The van der Waals surface area contributed by atoms with E-state index in [-0.39, 0.29) is 30.6 Å². The van der Waals surface area contributed by atoms with Crippen LogP contribution in [0.2, 0.25) is 0 Å². The van der Waals surface area contributed by atoms with Crippen LogP contribution in [0.3, 0.4) is 0 Å². The summed E-state index contributed by atoms with van der Waals surface area (Å²) in [5.41, 5.74) is 0. The number of benzene rings is 1. The van der Waals surface area contributed by atoms with Crippen LogP contribution in [0.25, 0.3) is 0 Å². The first-order valence-corrected chi connectivity index (χ1v) is 3.95. The minimum absolute atomic E-state index is 0. The molecular formula is C6H8Cl2FSb. The van der Waals surface area contributed by atoms with Gasteiger partial charge in [-0.05, 0) is 0 Å². The van der Waals surface area contributed by atoms with Crippen molar-refractivity contribution in [3.63, 3.8) is 0 Å². The first-order valence-electron chi connectivity index (χ1n) is 2.30. The van der Waals surface area contributed by atoms with Gasteiger partial charge in [-0.3, -0.25) is 0 Å². The Morgan fingerprint density at radius 1 is 1.20 bits per heavy atom. The molecule has 0 saturated heterocycles. The van der Waals surface area contributed by atoms with Gasteiger partial charge < -0.3 is 0 Å². The Morgan fingerprint density at radius 3 is 2.10 bits per heavy atom. The molecule has 1 aromatic rings. The molecule has 0 aliphatic heterocycles. The summed E-state index contributed by atoms with van der Waals surface area (Å²) in [6.07, 6.45) is 0. The monoisotopic (exact) mass is 290 g/mol. The minimum atomic E-state index is -0.130. The molecule has 0 unspecified atom stereocenters. The summed E-state index contributed by atoms with van der Waals surface area (Å²) in [6, 6.07) is 6.67. The predicted octanol–water partition coefficient (Wildman–Crippen LogP) is 0.928. The van der Waals surface area contributed by atoms with Gasteiger partial charge in [0.1, 0.15) is 0 Å². The summed E-state index contributed by atoms with van der Waals surface area (Å²) in [7, 11) is 0. The van der Waals surface area contributed by atoms with Crippen molar-refractivity contribution in [1.82, 2.24) is 0 Å². The predicted molar refractivity (Wildman–Crippen MR) is 49.1 cm³/mol. The second-order valence-corrected chi connectivity index (χ2v) is 3.46. The van der Waals surface area contributed by atoms with Crippen LogP contribution in [0.1, 0.15) is 0 Å². The van der Waals surface area contributed by atoms with Gasteiger partial charge in [0.2, 0.25) is 0 Å². The maximum absolute atomic E-state index is 12.2. The van der Waals surface area contributed by atoms with E-state index in [0.29, 0.717) is 0 Å². The first kappa shape index (κ1) is 13.2. The molecule has 0 fully saturated rings. The van der Waals surface area contributed by atoms with Crippen LogP contribution in [0, 0.1) is 5.82 Å². The van der Waals surface area contributed by atoms with Crippen LogP contribution in [0.4, 0.5) is 4.39 Å². The molecule has 0 spiro atoms. The molecule has 0 nitrogen and oxygen atoms in total. The Morgan fingerprint density at radius 2 is 1.80 bits per heavy atom. The van der Waals surface area contributed by atoms with Gasteiger partial charge in [-0.1, -0.05) is 0 Å². The standard InChI is InChI=1S/C6H4F.2ClH.Sb.2H/c7-6-4-2-1-3-5-6;;;;;/h1-2,4-5H;2*1H;;;. The summed E-state index contributed by atoms with van der Waals surface area (Å²) in [6.45, 7) is 0. The second-order valence-electron chi connectivity index (χ2n) is 1.56. The summed E-state index contributed by atoms with van der Waals surface area (Å²) in [5.74, 6) is -0.130. The van der Waals surface area contributed by atoms with Gasteiger partial charge >= 0.3 is 61.0 Å². The molecule has 0 bridgehead atoms. The van der Waals surface area contributed by atoms with E-state index in [2.05, 4.69) is 0 Å². The van der Waals surface area contributed by atoms with Gasteiger partial charge in [0, 0.05) is 0 Å². The molecule has 10 heavy (non-hydrogen) atoms. The molecule has 1 aromatic carbocycles.